The highest BCUT2D eigenvalue weighted by Crippen LogP contribution is 2.22. The van der Waals surface area contributed by atoms with Gasteiger partial charge in [-0.2, -0.15) is 0 Å². The third kappa shape index (κ3) is 1.33. The predicted octanol–water partition coefficient (Wildman–Crippen LogP) is 0.149. The third-order valence-electron chi connectivity index (χ3n) is 2.14. The lowest BCUT2D eigenvalue weighted by Crippen LogP contribution is -2.44. The van der Waals surface area contributed by atoms with Crippen molar-refractivity contribution >= 4 is 12.1 Å². The topological polar surface area (TPSA) is 37.1 Å². The highest BCUT2D eigenvalue weighted by atomic mass is 16.1. The smallest absolute Gasteiger partial charge is 0.228 e. The van der Waals surface area contributed by atoms with Gasteiger partial charge in [0, 0.05) is 19.5 Å². The number of rotatable bonds is 4. The lowest BCUT2D eigenvalue weighted by Gasteiger charge is -2.20. The van der Waals surface area contributed by atoms with Crippen LogP contribution in [0.25, 0.3) is 0 Å². The van der Waals surface area contributed by atoms with Gasteiger partial charge in [0.25, 0.3) is 0 Å². The van der Waals surface area contributed by atoms with Crippen molar-refractivity contribution in [3.05, 3.63) is 0 Å². The molecule has 1 radical (unpaired) electrons. The molecule has 0 amide bonds. The number of ketones is 1. The molecule has 1 rings (SSSR count). The Bertz CT molecular complexity index is 187. The van der Waals surface area contributed by atoms with Crippen molar-refractivity contribution in [1.29, 1.82) is 0 Å². The Morgan fingerprint density at radius 2 is 2.18 bits per heavy atom. The first-order valence-electron chi connectivity index (χ1n) is 3.82. The summed E-state index contributed by atoms with van der Waals surface area (Å²) in [5.74, 6) is -0.0370. The molecule has 0 bridgehead atoms. The van der Waals surface area contributed by atoms with Crippen LogP contribution in [-0.4, -0.2) is 35.6 Å². The Kier molecular flexibility index (Phi) is 2.09. The van der Waals surface area contributed by atoms with Crippen LogP contribution in [0.15, 0.2) is 0 Å². The van der Waals surface area contributed by atoms with Crippen LogP contribution in [0.4, 0.5) is 0 Å². The van der Waals surface area contributed by atoms with E-state index in [9.17, 15) is 9.59 Å². The number of Topliss-reactive ketones (excluding diaryl/α,β-unsaturated/α-hetero) is 1. The molecule has 3 nitrogen and oxygen atoms in total. The number of nitrogens with zero attached hydrogens (tertiary/aromatic N) is 1. The monoisotopic (exact) mass is 154 g/mol. The molecule has 0 N–H and O–H groups in total. The molecule has 1 aliphatic heterocycles. The zero-order valence-electron chi connectivity index (χ0n) is 6.89. The van der Waals surface area contributed by atoms with Crippen LogP contribution in [0.1, 0.15) is 20.3 Å². The first-order chi connectivity index (χ1) is 5.15. The minimum Gasteiger partial charge on any atom is -0.297 e. The Morgan fingerprint density at radius 1 is 1.64 bits per heavy atom. The van der Waals surface area contributed by atoms with Crippen molar-refractivity contribution < 1.29 is 9.59 Å². The second kappa shape index (κ2) is 2.74. The van der Waals surface area contributed by atoms with Gasteiger partial charge in [-0.05, 0) is 6.92 Å². The van der Waals surface area contributed by atoms with Gasteiger partial charge < -0.3 is 0 Å². The number of hydrogen-bond acceptors (Lipinski definition) is 3. The van der Waals surface area contributed by atoms with Gasteiger partial charge in [0.2, 0.25) is 6.29 Å². The van der Waals surface area contributed by atoms with E-state index in [2.05, 4.69) is 0 Å². The minimum absolute atomic E-state index is 0.0370. The average Bonchev–Trinajstić information content (AvgIpc) is 2.84. The molecular weight excluding hydrogens is 142 g/mol. The van der Waals surface area contributed by atoms with E-state index in [1.54, 1.807) is 13.8 Å². The van der Waals surface area contributed by atoms with Crippen molar-refractivity contribution in [3.63, 3.8) is 0 Å². The summed E-state index contributed by atoms with van der Waals surface area (Å²) in [7, 11) is 0. The maximum absolute atomic E-state index is 11.2. The normalized spacial score (nSPS) is 22.4. The van der Waals surface area contributed by atoms with Crippen LogP contribution in [0, 0.1) is 0 Å². The molecule has 1 unspecified atom stereocenters. The molecule has 0 aromatic rings. The summed E-state index contributed by atoms with van der Waals surface area (Å²) >= 11 is 0. The molecule has 3 heteroatoms. The molecular formula is C8H12NO2. The molecule has 0 aromatic carbocycles. The summed E-state index contributed by atoms with van der Waals surface area (Å²) in [6.45, 7) is 5.09. The van der Waals surface area contributed by atoms with E-state index < -0.39 is 5.54 Å². The first-order valence-corrected chi connectivity index (χ1v) is 3.82. The van der Waals surface area contributed by atoms with Crippen LogP contribution in [0.2, 0.25) is 0 Å². The number of hydrogen-bond donors (Lipinski definition) is 0. The van der Waals surface area contributed by atoms with Crippen molar-refractivity contribution in [3.8, 4) is 0 Å². The molecule has 1 fully saturated rings. The number of carbonyl (C=O) groups is 1. The molecule has 0 aliphatic carbocycles. The highest BCUT2D eigenvalue weighted by molar-refractivity contribution is 6.02. The zero-order chi connectivity index (χ0) is 8.48. The Hall–Kier alpha value is -0.700. The van der Waals surface area contributed by atoms with Crippen molar-refractivity contribution in [2.75, 3.05) is 13.1 Å². The maximum atomic E-state index is 11.2. The minimum atomic E-state index is -0.950. The van der Waals surface area contributed by atoms with Crippen molar-refractivity contribution in [2.45, 2.75) is 25.8 Å². The van der Waals surface area contributed by atoms with Crippen LogP contribution in [0.3, 0.4) is 0 Å². The highest BCUT2D eigenvalue weighted by Gasteiger charge is 2.44. The molecule has 0 saturated carbocycles. The van der Waals surface area contributed by atoms with E-state index >= 15 is 0 Å². The van der Waals surface area contributed by atoms with Crippen LogP contribution in [0.5, 0.6) is 0 Å². The Labute approximate surface area is 66.4 Å². The fraction of sp³-hybridized carbons (Fsp3) is 0.750. The molecule has 1 atom stereocenters. The van der Waals surface area contributed by atoms with Gasteiger partial charge in [0.1, 0.15) is 5.54 Å². The van der Waals surface area contributed by atoms with Crippen LogP contribution >= 0.6 is 0 Å². The lowest BCUT2D eigenvalue weighted by atomic mass is 9.96. The van der Waals surface area contributed by atoms with E-state index in [0.29, 0.717) is 6.42 Å². The van der Waals surface area contributed by atoms with Crippen LogP contribution < -0.4 is 0 Å². The van der Waals surface area contributed by atoms with E-state index in [1.165, 1.54) is 0 Å². The summed E-state index contributed by atoms with van der Waals surface area (Å²) < 4.78 is 0. The Balaban J connectivity index is 2.72. The van der Waals surface area contributed by atoms with E-state index in [1.807, 2.05) is 11.2 Å². The zero-order valence-corrected chi connectivity index (χ0v) is 6.89. The second-order valence-electron chi connectivity index (χ2n) is 2.94. The van der Waals surface area contributed by atoms with Gasteiger partial charge in [-0.25, -0.2) is 0 Å². The first kappa shape index (κ1) is 8.40. The summed E-state index contributed by atoms with van der Waals surface area (Å²) in [6, 6.07) is 0. The summed E-state index contributed by atoms with van der Waals surface area (Å²) in [4.78, 5) is 23.6. The molecule has 0 aromatic heterocycles. The SMILES string of the molecule is CCC(=O)C(C)([C]=O)N1CC1. The second-order valence-corrected chi connectivity index (χ2v) is 2.94. The Morgan fingerprint density at radius 3 is 2.45 bits per heavy atom. The maximum Gasteiger partial charge on any atom is 0.228 e. The van der Waals surface area contributed by atoms with Gasteiger partial charge in [-0.15, -0.1) is 0 Å². The largest absolute Gasteiger partial charge is 0.297 e. The molecule has 1 heterocycles. The molecule has 1 aliphatic rings. The van der Waals surface area contributed by atoms with Crippen LogP contribution in [-0.2, 0) is 9.59 Å². The van der Waals surface area contributed by atoms with Gasteiger partial charge in [-0.1, -0.05) is 6.92 Å². The molecule has 61 valence electrons. The van der Waals surface area contributed by atoms with Gasteiger partial charge >= 0.3 is 0 Å². The van der Waals surface area contributed by atoms with Gasteiger partial charge in [-0.3, -0.25) is 14.5 Å². The fourth-order valence-electron chi connectivity index (χ4n) is 1.14. The third-order valence-corrected chi connectivity index (χ3v) is 2.14. The standard InChI is InChI=1S/C8H12NO2/c1-3-7(11)8(2,6-10)9-4-5-9/h3-5H2,1-2H3. The number of carbonyl (C=O) groups excluding carboxylic acids is 2. The molecule has 1 saturated heterocycles. The molecule has 0 spiro atoms. The van der Waals surface area contributed by atoms with Gasteiger partial charge in [0.05, 0.1) is 0 Å². The van der Waals surface area contributed by atoms with E-state index in [4.69, 9.17) is 0 Å². The van der Waals surface area contributed by atoms with Gasteiger partial charge in [0.15, 0.2) is 5.78 Å². The summed E-state index contributed by atoms with van der Waals surface area (Å²) in [6.07, 6.45) is 2.22. The fourth-order valence-corrected chi connectivity index (χ4v) is 1.14. The van der Waals surface area contributed by atoms with Crippen molar-refractivity contribution in [1.82, 2.24) is 4.90 Å². The van der Waals surface area contributed by atoms with E-state index in [-0.39, 0.29) is 5.78 Å². The molecule has 11 heavy (non-hydrogen) atoms. The summed E-state index contributed by atoms with van der Waals surface area (Å²) in [5.41, 5.74) is -0.950. The lowest BCUT2D eigenvalue weighted by molar-refractivity contribution is -0.123. The average molecular weight is 154 g/mol. The predicted molar refractivity (Wildman–Crippen MR) is 41.0 cm³/mol. The quantitative estimate of drug-likeness (QED) is 0.427. The summed E-state index contributed by atoms with van der Waals surface area (Å²) in [5, 5.41) is 0. The van der Waals surface area contributed by atoms with E-state index in [0.717, 1.165) is 13.1 Å². The van der Waals surface area contributed by atoms with Crippen molar-refractivity contribution in [2.24, 2.45) is 0 Å².